The van der Waals surface area contributed by atoms with Crippen LogP contribution in [0.4, 0.5) is 0 Å². The summed E-state index contributed by atoms with van der Waals surface area (Å²) in [7, 11) is 0. The fourth-order valence-electron chi connectivity index (χ4n) is 2.90. The minimum atomic E-state index is -0.0870. The lowest BCUT2D eigenvalue weighted by atomic mass is 9.85. The molecule has 1 N–H and O–H groups in total. The summed E-state index contributed by atoms with van der Waals surface area (Å²) in [5.41, 5.74) is 3.03. The van der Waals surface area contributed by atoms with E-state index in [2.05, 4.69) is 29.4 Å². The van der Waals surface area contributed by atoms with E-state index in [0.717, 1.165) is 16.8 Å². The Kier molecular flexibility index (Phi) is 4.02. The molecule has 2 aromatic rings. The molecule has 1 heterocycles. The van der Waals surface area contributed by atoms with Crippen LogP contribution < -0.4 is 0 Å². The van der Waals surface area contributed by atoms with Gasteiger partial charge >= 0.3 is 0 Å². The van der Waals surface area contributed by atoms with Crippen molar-refractivity contribution < 1.29 is 9.94 Å². The van der Waals surface area contributed by atoms with E-state index in [0.29, 0.717) is 6.42 Å². The molecular weight excluding hydrogens is 262 g/mol. The van der Waals surface area contributed by atoms with Gasteiger partial charge in [0.15, 0.2) is 0 Å². The molecule has 0 unspecified atom stereocenters. The van der Waals surface area contributed by atoms with Crippen LogP contribution in [-0.2, 0) is 4.74 Å². The standard InChI is InChI=1S/C18H19NO2/c1-13-16(19-20)12-17(14-8-4-2-5-9-14)21-18(13)15-10-6-3-7-11-15/h2-11,13,17-18,20H,12H2,1H3/b19-16+/t13-,17+,18-/m0/s1. The Balaban J connectivity index is 1.93. The fourth-order valence-corrected chi connectivity index (χ4v) is 2.90. The van der Waals surface area contributed by atoms with E-state index < -0.39 is 0 Å². The van der Waals surface area contributed by atoms with Crippen molar-refractivity contribution in [1.29, 1.82) is 0 Å². The number of hydrogen-bond acceptors (Lipinski definition) is 3. The molecule has 0 bridgehead atoms. The van der Waals surface area contributed by atoms with Crippen LogP contribution in [0.5, 0.6) is 0 Å². The van der Waals surface area contributed by atoms with Gasteiger partial charge < -0.3 is 9.94 Å². The van der Waals surface area contributed by atoms with Crippen molar-refractivity contribution >= 4 is 5.71 Å². The van der Waals surface area contributed by atoms with Crippen molar-refractivity contribution in [2.24, 2.45) is 11.1 Å². The Morgan fingerprint density at radius 2 is 1.52 bits per heavy atom. The molecule has 1 aliphatic heterocycles. The second-order valence-electron chi connectivity index (χ2n) is 5.45. The third-order valence-electron chi connectivity index (χ3n) is 4.11. The zero-order chi connectivity index (χ0) is 14.7. The van der Waals surface area contributed by atoms with E-state index in [1.165, 1.54) is 0 Å². The van der Waals surface area contributed by atoms with Gasteiger partial charge in [0.2, 0.25) is 0 Å². The number of oxime groups is 1. The van der Waals surface area contributed by atoms with Crippen molar-refractivity contribution in [3.8, 4) is 0 Å². The van der Waals surface area contributed by atoms with E-state index in [-0.39, 0.29) is 18.1 Å². The van der Waals surface area contributed by atoms with Crippen molar-refractivity contribution in [3.05, 3.63) is 71.8 Å². The van der Waals surface area contributed by atoms with Gasteiger partial charge in [0.25, 0.3) is 0 Å². The second kappa shape index (κ2) is 6.10. The molecule has 21 heavy (non-hydrogen) atoms. The minimum Gasteiger partial charge on any atom is -0.411 e. The van der Waals surface area contributed by atoms with Crippen LogP contribution in [0, 0.1) is 5.92 Å². The van der Waals surface area contributed by atoms with E-state index in [9.17, 15) is 5.21 Å². The Labute approximate surface area is 124 Å². The Bertz CT molecular complexity index is 610. The van der Waals surface area contributed by atoms with Crippen LogP contribution in [0.25, 0.3) is 0 Å². The summed E-state index contributed by atoms with van der Waals surface area (Å²) in [5.74, 6) is 0.0670. The maximum Gasteiger partial charge on any atom is 0.0912 e. The maximum absolute atomic E-state index is 9.32. The molecule has 0 spiro atoms. The van der Waals surface area contributed by atoms with Gasteiger partial charge in [0.05, 0.1) is 17.9 Å². The van der Waals surface area contributed by atoms with Gasteiger partial charge in [0.1, 0.15) is 0 Å². The molecule has 0 amide bonds. The predicted octanol–water partition coefficient (Wildman–Crippen LogP) is 4.36. The topological polar surface area (TPSA) is 41.8 Å². The zero-order valence-electron chi connectivity index (χ0n) is 12.0. The molecule has 0 radical (unpaired) electrons. The van der Waals surface area contributed by atoms with E-state index in [4.69, 9.17) is 4.74 Å². The van der Waals surface area contributed by atoms with Gasteiger partial charge in [-0.1, -0.05) is 72.7 Å². The van der Waals surface area contributed by atoms with Gasteiger partial charge in [-0.2, -0.15) is 0 Å². The smallest absolute Gasteiger partial charge is 0.0912 e. The summed E-state index contributed by atoms with van der Waals surface area (Å²) in [6, 6.07) is 20.2. The number of benzene rings is 2. The SMILES string of the molecule is C[C@H]1/C(=N/O)C[C@H](c2ccccc2)O[C@@H]1c1ccccc1. The molecular formula is C18H19NO2. The van der Waals surface area contributed by atoms with Gasteiger partial charge in [-0.25, -0.2) is 0 Å². The number of hydrogen-bond donors (Lipinski definition) is 1. The molecule has 108 valence electrons. The fraction of sp³-hybridized carbons (Fsp3) is 0.278. The molecule has 1 aliphatic rings. The first-order chi connectivity index (χ1) is 10.3. The van der Waals surface area contributed by atoms with Gasteiger partial charge in [-0.3, -0.25) is 0 Å². The van der Waals surface area contributed by atoms with Crippen LogP contribution in [0.3, 0.4) is 0 Å². The van der Waals surface area contributed by atoms with Crippen molar-refractivity contribution in [3.63, 3.8) is 0 Å². The van der Waals surface area contributed by atoms with Crippen LogP contribution in [0.2, 0.25) is 0 Å². The molecule has 3 rings (SSSR count). The van der Waals surface area contributed by atoms with Crippen molar-refractivity contribution in [1.82, 2.24) is 0 Å². The molecule has 0 aromatic heterocycles. The maximum atomic E-state index is 9.32. The van der Waals surface area contributed by atoms with E-state index in [1.54, 1.807) is 0 Å². The van der Waals surface area contributed by atoms with E-state index in [1.807, 2.05) is 43.3 Å². The highest BCUT2D eigenvalue weighted by Crippen LogP contribution is 2.40. The average molecular weight is 281 g/mol. The summed E-state index contributed by atoms with van der Waals surface area (Å²) >= 11 is 0. The number of rotatable bonds is 2. The predicted molar refractivity (Wildman–Crippen MR) is 82.5 cm³/mol. The normalized spacial score (nSPS) is 27.7. The first kappa shape index (κ1) is 13.8. The highest BCUT2D eigenvalue weighted by atomic mass is 16.5. The Morgan fingerprint density at radius 3 is 2.10 bits per heavy atom. The molecule has 3 nitrogen and oxygen atoms in total. The highest BCUT2D eigenvalue weighted by molar-refractivity contribution is 5.87. The molecule has 3 heteroatoms. The highest BCUT2D eigenvalue weighted by Gasteiger charge is 2.35. The first-order valence-electron chi connectivity index (χ1n) is 7.25. The lowest BCUT2D eigenvalue weighted by Crippen LogP contribution is -2.31. The van der Waals surface area contributed by atoms with Crippen LogP contribution in [-0.4, -0.2) is 10.9 Å². The third-order valence-corrected chi connectivity index (χ3v) is 4.11. The van der Waals surface area contributed by atoms with Crippen LogP contribution in [0.15, 0.2) is 65.8 Å². The summed E-state index contributed by atoms with van der Waals surface area (Å²) in [6.45, 7) is 2.05. The Morgan fingerprint density at radius 1 is 0.952 bits per heavy atom. The summed E-state index contributed by atoms with van der Waals surface area (Å²) in [4.78, 5) is 0. The minimum absolute atomic E-state index is 0.0670. The van der Waals surface area contributed by atoms with Gasteiger partial charge in [-0.05, 0) is 11.1 Å². The number of ether oxygens (including phenoxy) is 1. The zero-order valence-corrected chi connectivity index (χ0v) is 12.0. The second-order valence-corrected chi connectivity index (χ2v) is 5.45. The average Bonchev–Trinajstić information content (AvgIpc) is 2.56. The van der Waals surface area contributed by atoms with Gasteiger partial charge in [0, 0.05) is 12.3 Å². The van der Waals surface area contributed by atoms with Gasteiger partial charge in [-0.15, -0.1) is 0 Å². The lowest BCUT2D eigenvalue weighted by molar-refractivity contribution is -0.0438. The lowest BCUT2D eigenvalue weighted by Gasteiger charge is -2.36. The quantitative estimate of drug-likeness (QED) is 0.656. The Hall–Kier alpha value is -2.13. The van der Waals surface area contributed by atoms with Crippen molar-refractivity contribution in [2.75, 3.05) is 0 Å². The summed E-state index contributed by atoms with van der Waals surface area (Å²) < 4.78 is 6.31. The number of nitrogens with zero attached hydrogens (tertiary/aromatic N) is 1. The summed E-state index contributed by atoms with van der Waals surface area (Å²) in [6.07, 6.45) is 0.472. The largest absolute Gasteiger partial charge is 0.411 e. The van der Waals surface area contributed by atoms with Crippen molar-refractivity contribution in [2.45, 2.75) is 25.6 Å². The summed E-state index contributed by atoms with van der Waals surface area (Å²) in [5, 5.41) is 12.8. The molecule has 1 fully saturated rings. The molecule has 2 aromatic carbocycles. The molecule has 1 saturated heterocycles. The van der Waals surface area contributed by atoms with Crippen LogP contribution in [0.1, 0.15) is 36.7 Å². The third kappa shape index (κ3) is 2.83. The monoisotopic (exact) mass is 281 g/mol. The van der Waals surface area contributed by atoms with E-state index >= 15 is 0 Å². The molecule has 0 aliphatic carbocycles. The van der Waals surface area contributed by atoms with Crippen LogP contribution >= 0.6 is 0 Å². The first-order valence-corrected chi connectivity index (χ1v) is 7.25. The molecule has 3 atom stereocenters. The molecule has 0 saturated carbocycles.